The second-order valence-corrected chi connectivity index (χ2v) is 6.02. The summed E-state index contributed by atoms with van der Waals surface area (Å²) in [6.45, 7) is 4.37. The third-order valence-electron chi connectivity index (χ3n) is 3.12. The van der Waals surface area contributed by atoms with Crippen molar-refractivity contribution in [2.24, 2.45) is 0 Å². The third-order valence-corrected chi connectivity index (χ3v) is 4.19. The third kappa shape index (κ3) is 4.08. The molecular weight excluding hydrogens is 300 g/mol. The van der Waals surface area contributed by atoms with E-state index >= 15 is 0 Å². The highest BCUT2D eigenvalue weighted by Crippen LogP contribution is 2.26. The van der Waals surface area contributed by atoms with Crippen LogP contribution in [0.15, 0.2) is 24.3 Å². The van der Waals surface area contributed by atoms with E-state index in [1.165, 1.54) is 19.3 Å². The molecule has 0 radical (unpaired) electrons. The fourth-order valence-electron chi connectivity index (χ4n) is 1.82. The van der Waals surface area contributed by atoms with Crippen molar-refractivity contribution in [3.05, 3.63) is 45.4 Å². The van der Waals surface area contributed by atoms with E-state index in [1.54, 1.807) is 29.5 Å². The van der Waals surface area contributed by atoms with Crippen molar-refractivity contribution in [1.29, 1.82) is 0 Å². The number of carbonyl (C=O) groups is 1. The number of amides is 1. The van der Waals surface area contributed by atoms with Gasteiger partial charge in [0.1, 0.15) is 5.01 Å². The van der Waals surface area contributed by atoms with Gasteiger partial charge in [0.25, 0.3) is 0 Å². The predicted molar refractivity (Wildman–Crippen MR) is 87.1 cm³/mol. The molecule has 2 aromatic rings. The molecule has 116 valence electrons. The van der Waals surface area contributed by atoms with Crippen LogP contribution in [0.4, 0.5) is 0 Å². The molecule has 0 aliphatic rings. The lowest BCUT2D eigenvalue weighted by Gasteiger charge is -2.03. The average Bonchev–Trinajstić information content (AvgIpc) is 2.82. The highest BCUT2D eigenvalue weighted by Gasteiger charge is 2.05. The molecule has 0 bridgehead atoms. The Morgan fingerprint density at radius 2 is 2.23 bits per heavy atom. The number of phenolic OH excluding ortho intramolecular Hbond substituents is 1. The van der Waals surface area contributed by atoms with Gasteiger partial charge >= 0.3 is 0 Å². The zero-order valence-corrected chi connectivity index (χ0v) is 13.5. The van der Waals surface area contributed by atoms with Gasteiger partial charge in [-0.3, -0.25) is 4.79 Å². The molecule has 0 atom stereocenters. The molecule has 0 unspecified atom stereocenters. The van der Waals surface area contributed by atoms with Crippen LogP contribution >= 0.6 is 11.3 Å². The molecule has 0 spiro atoms. The standard InChI is InChI=1S/C16H18N2O3S/c1-10-11(2)22-16(18-10)9-17-15(20)7-5-12-4-6-14(21-3)13(19)8-12/h4-8,19H,9H2,1-3H3,(H,17,20). The zero-order chi connectivity index (χ0) is 16.1. The SMILES string of the molecule is COc1ccc(C=CC(=O)NCc2nc(C)c(C)s2)cc1O. The van der Waals surface area contributed by atoms with Gasteiger partial charge in [-0.05, 0) is 37.6 Å². The Labute approximate surface area is 133 Å². The van der Waals surface area contributed by atoms with Gasteiger partial charge in [0.15, 0.2) is 11.5 Å². The van der Waals surface area contributed by atoms with E-state index in [9.17, 15) is 9.90 Å². The second kappa shape index (κ2) is 7.09. The summed E-state index contributed by atoms with van der Waals surface area (Å²) in [6, 6.07) is 4.94. The lowest BCUT2D eigenvalue weighted by atomic mass is 10.2. The Balaban J connectivity index is 1.92. The summed E-state index contributed by atoms with van der Waals surface area (Å²) in [6.07, 6.45) is 3.06. The Hall–Kier alpha value is -2.34. The van der Waals surface area contributed by atoms with Crippen LogP contribution in [-0.4, -0.2) is 23.1 Å². The molecule has 2 N–H and O–H groups in total. The van der Waals surface area contributed by atoms with Crippen molar-refractivity contribution in [3.8, 4) is 11.5 Å². The van der Waals surface area contributed by atoms with Gasteiger partial charge in [0.2, 0.25) is 5.91 Å². The molecular formula is C16H18N2O3S. The Bertz CT molecular complexity index is 688. The number of ether oxygens (including phenoxy) is 1. The van der Waals surface area contributed by atoms with Crippen molar-refractivity contribution in [2.45, 2.75) is 20.4 Å². The summed E-state index contributed by atoms with van der Waals surface area (Å²) in [5.41, 5.74) is 1.72. The first-order valence-corrected chi connectivity index (χ1v) is 7.57. The maximum atomic E-state index is 11.8. The molecule has 0 aliphatic carbocycles. The highest BCUT2D eigenvalue weighted by atomic mass is 32.1. The van der Waals surface area contributed by atoms with E-state index in [1.807, 2.05) is 13.8 Å². The topological polar surface area (TPSA) is 71.5 Å². The second-order valence-electron chi connectivity index (χ2n) is 4.73. The number of methoxy groups -OCH3 is 1. The summed E-state index contributed by atoms with van der Waals surface area (Å²) in [5.74, 6) is 0.232. The highest BCUT2D eigenvalue weighted by molar-refractivity contribution is 7.11. The van der Waals surface area contributed by atoms with Crippen LogP contribution < -0.4 is 10.1 Å². The number of aromatic nitrogens is 1. The fraction of sp³-hybridized carbons (Fsp3) is 0.250. The number of hydrogen-bond donors (Lipinski definition) is 2. The van der Waals surface area contributed by atoms with Crippen LogP contribution in [0.5, 0.6) is 11.5 Å². The Kier molecular flexibility index (Phi) is 5.16. The van der Waals surface area contributed by atoms with E-state index in [2.05, 4.69) is 10.3 Å². The number of benzene rings is 1. The van der Waals surface area contributed by atoms with Gasteiger partial charge in [0.05, 0.1) is 19.3 Å². The van der Waals surface area contributed by atoms with Crippen molar-refractivity contribution < 1.29 is 14.6 Å². The number of nitrogens with zero attached hydrogens (tertiary/aromatic N) is 1. The predicted octanol–water partition coefficient (Wildman–Crippen LogP) is 2.80. The number of rotatable bonds is 5. The summed E-state index contributed by atoms with van der Waals surface area (Å²) < 4.78 is 4.97. The molecule has 0 saturated carbocycles. The molecule has 1 heterocycles. The lowest BCUT2D eigenvalue weighted by molar-refractivity contribution is -0.116. The van der Waals surface area contributed by atoms with Crippen LogP contribution in [0.3, 0.4) is 0 Å². The van der Waals surface area contributed by atoms with E-state index < -0.39 is 0 Å². The van der Waals surface area contributed by atoms with Crippen molar-refractivity contribution in [1.82, 2.24) is 10.3 Å². The van der Waals surface area contributed by atoms with Gasteiger partial charge in [-0.25, -0.2) is 4.98 Å². The minimum absolute atomic E-state index is 0.0406. The maximum Gasteiger partial charge on any atom is 0.244 e. The average molecular weight is 318 g/mol. The van der Waals surface area contributed by atoms with E-state index in [0.29, 0.717) is 12.3 Å². The van der Waals surface area contributed by atoms with E-state index in [-0.39, 0.29) is 11.7 Å². The first kappa shape index (κ1) is 16.0. The summed E-state index contributed by atoms with van der Waals surface area (Å²) in [5, 5.41) is 13.3. The van der Waals surface area contributed by atoms with Gasteiger partial charge < -0.3 is 15.2 Å². The van der Waals surface area contributed by atoms with Crippen LogP contribution in [0.1, 0.15) is 21.1 Å². The maximum absolute atomic E-state index is 11.8. The monoisotopic (exact) mass is 318 g/mol. The number of aryl methyl sites for hydroxylation is 2. The quantitative estimate of drug-likeness (QED) is 0.832. The molecule has 0 fully saturated rings. The van der Waals surface area contributed by atoms with E-state index in [4.69, 9.17) is 4.74 Å². The Morgan fingerprint density at radius 3 is 2.82 bits per heavy atom. The van der Waals surface area contributed by atoms with Crippen molar-refractivity contribution in [2.75, 3.05) is 7.11 Å². The number of hydrogen-bond acceptors (Lipinski definition) is 5. The first-order chi connectivity index (χ1) is 10.5. The molecule has 22 heavy (non-hydrogen) atoms. The lowest BCUT2D eigenvalue weighted by Crippen LogP contribution is -2.20. The van der Waals surface area contributed by atoms with E-state index in [0.717, 1.165) is 21.1 Å². The number of aromatic hydroxyl groups is 1. The normalized spacial score (nSPS) is 10.9. The molecule has 1 amide bonds. The van der Waals surface area contributed by atoms with Crippen molar-refractivity contribution >= 4 is 23.3 Å². The van der Waals surface area contributed by atoms with Crippen LogP contribution in [0, 0.1) is 13.8 Å². The van der Waals surface area contributed by atoms with Gasteiger partial charge in [-0.2, -0.15) is 0 Å². The molecule has 6 heteroatoms. The number of thiazole rings is 1. The molecule has 1 aromatic heterocycles. The number of carbonyl (C=O) groups excluding carboxylic acids is 1. The summed E-state index contributed by atoms with van der Waals surface area (Å²) >= 11 is 1.58. The molecule has 0 aliphatic heterocycles. The number of phenols is 1. The van der Waals surface area contributed by atoms with Crippen LogP contribution in [0.25, 0.3) is 6.08 Å². The molecule has 5 nitrogen and oxygen atoms in total. The minimum atomic E-state index is -0.208. The van der Waals surface area contributed by atoms with Crippen molar-refractivity contribution in [3.63, 3.8) is 0 Å². The van der Waals surface area contributed by atoms with Crippen LogP contribution in [0.2, 0.25) is 0 Å². The molecule has 2 rings (SSSR count). The van der Waals surface area contributed by atoms with Gasteiger partial charge in [-0.1, -0.05) is 6.07 Å². The van der Waals surface area contributed by atoms with Gasteiger partial charge in [-0.15, -0.1) is 11.3 Å². The summed E-state index contributed by atoms with van der Waals surface area (Å²) in [4.78, 5) is 17.3. The summed E-state index contributed by atoms with van der Waals surface area (Å²) in [7, 11) is 1.49. The fourth-order valence-corrected chi connectivity index (χ4v) is 2.69. The number of nitrogens with one attached hydrogen (secondary N) is 1. The molecule has 1 aromatic carbocycles. The molecule has 0 saturated heterocycles. The van der Waals surface area contributed by atoms with Gasteiger partial charge in [0, 0.05) is 11.0 Å². The zero-order valence-electron chi connectivity index (χ0n) is 12.7. The van der Waals surface area contributed by atoms with Crippen LogP contribution in [-0.2, 0) is 11.3 Å². The first-order valence-electron chi connectivity index (χ1n) is 6.75. The minimum Gasteiger partial charge on any atom is -0.504 e. The smallest absolute Gasteiger partial charge is 0.244 e. The largest absolute Gasteiger partial charge is 0.504 e. The Morgan fingerprint density at radius 1 is 1.45 bits per heavy atom.